The molecule has 190 valence electrons. The van der Waals surface area contributed by atoms with E-state index in [-0.39, 0.29) is 46.4 Å². The summed E-state index contributed by atoms with van der Waals surface area (Å²) in [6.07, 6.45) is 7.61. The molecule has 6 unspecified atom stereocenters. The van der Waals surface area contributed by atoms with E-state index in [0.717, 1.165) is 39.4 Å². The molecule has 2 N–H and O–H groups in total. The normalized spacial score (nSPS) is 41.5. The number of nitrogens with zero attached hydrogens (tertiary/aromatic N) is 1. The summed E-state index contributed by atoms with van der Waals surface area (Å²) in [5, 5.41) is 23.8. The standard InChI is InChI=1S/C29H33NO4S2/c1-16-12-20-19-9-8-17-13-18(31)10-11-27(17,2)25(19)22(32)14-28(20,3)29(16,34)24(33)15-35-26-30-21-6-4-5-7-23(21)36-26/h4-7,10-11,13,16,19-20,22,25,32,34H,8-9,12,14-15H2,1-3H3/t16-,19?,20?,22?,25?,27?,28?,29+/m1/s1. The molecule has 8 atom stereocenters. The van der Waals surface area contributed by atoms with E-state index >= 15 is 0 Å². The Morgan fingerprint density at radius 1 is 1.28 bits per heavy atom. The molecule has 7 heteroatoms. The largest absolute Gasteiger partial charge is 0.393 e. The van der Waals surface area contributed by atoms with Crippen molar-refractivity contribution in [2.45, 2.75) is 62.5 Å². The lowest BCUT2D eigenvalue weighted by atomic mass is 9.46. The smallest absolute Gasteiger partial charge is 0.178 e. The van der Waals surface area contributed by atoms with Gasteiger partial charge in [-0.25, -0.2) is 4.98 Å². The first kappa shape index (κ1) is 24.5. The third-order valence-corrected chi connectivity index (χ3v) is 12.3. The third kappa shape index (κ3) is 3.32. The minimum atomic E-state index is -1.48. The molecule has 3 fully saturated rings. The summed E-state index contributed by atoms with van der Waals surface area (Å²) >= 11 is 2.98. The van der Waals surface area contributed by atoms with Crippen molar-refractivity contribution in [3.63, 3.8) is 0 Å². The van der Waals surface area contributed by atoms with Crippen molar-refractivity contribution in [1.29, 1.82) is 0 Å². The number of allylic oxidation sites excluding steroid dienone is 4. The number of carbonyl (C=O) groups excluding carboxylic acids is 2. The van der Waals surface area contributed by atoms with Crippen LogP contribution in [-0.2, 0) is 9.59 Å². The van der Waals surface area contributed by atoms with Crippen LogP contribution in [0.25, 0.3) is 10.2 Å². The van der Waals surface area contributed by atoms with Crippen molar-refractivity contribution in [2.75, 3.05) is 5.75 Å². The number of hydrogen-bond acceptors (Lipinski definition) is 7. The van der Waals surface area contributed by atoms with Crippen molar-refractivity contribution in [1.82, 2.24) is 4.98 Å². The van der Waals surface area contributed by atoms with Gasteiger partial charge in [-0.05, 0) is 67.7 Å². The number of Topliss-reactive ketones (excluding diaryl/α,β-unsaturated/α-hetero) is 1. The Morgan fingerprint density at radius 3 is 2.83 bits per heavy atom. The molecule has 0 aliphatic heterocycles. The highest BCUT2D eigenvalue weighted by Crippen LogP contribution is 2.68. The van der Waals surface area contributed by atoms with Gasteiger partial charge in [0.1, 0.15) is 5.60 Å². The molecule has 1 aromatic heterocycles. The fourth-order valence-electron chi connectivity index (χ4n) is 8.40. The van der Waals surface area contributed by atoms with Gasteiger partial charge in [0.25, 0.3) is 0 Å². The molecular formula is C29H33NO4S2. The number of aliphatic hydroxyl groups excluding tert-OH is 1. The summed E-state index contributed by atoms with van der Waals surface area (Å²) in [5.74, 6) is 0.183. The molecule has 6 rings (SSSR count). The van der Waals surface area contributed by atoms with Gasteiger partial charge in [-0.3, -0.25) is 9.59 Å². The van der Waals surface area contributed by atoms with Crippen molar-refractivity contribution >= 4 is 44.9 Å². The number of carbonyl (C=O) groups is 2. The minimum absolute atomic E-state index is 0.0123. The van der Waals surface area contributed by atoms with E-state index in [4.69, 9.17) is 0 Å². The molecule has 4 aliphatic rings. The lowest BCUT2D eigenvalue weighted by Gasteiger charge is -2.59. The molecule has 3 saturated carbocycles. The van der Waals surface area contributed by atoms with Gasteiger partial charge in [0, 0.05) is 16.7 Å². The van der Waals surface area contributed by atoms with Crippen LogP contribution in [0.2, 0.25) is 0 Å². The summed E-state index contributed by atoms with van der Waals surface area (Å²) < 4.78 is 1.92. The molecule has 36 heavy (non-hydrogen) atoms. The Morgan fingerprint density at radius 2 is 2.06 bits per heavy atom. The molecule has 1 aromatic carbocycles. The topological polar surface area (TPSA) is 87.5 Å². The Kier molecular flexibility index (Phi) is 5.69. The van der Waals surface area contributed by atoms with Crippen LogP contribution in [0.1, 0.15) is 46.5 Å². The Hall–Kier alpha value is -1.80. The summed E-state index contributed by atoms with van der Waals surface area (Å²) in [7, 11) is 0. The van der Waals surface area contributed by atoms with Crippen LogP contribution in [0.4, 0.5) is 0 Å². The quantitative estimate of drug-likeness (QED) is 0.535. The molecule has 4 aliphatic carbocycles. The van der Waals surface area contributed by atoms with Crippen LogP contribution in [0, 0.1) is 34.5 Å². The number of hydrogen-bond donors (Lipinski definition) is 2. The van der Waals surface area contributed by atoms with Gasteiger partial charge < -0.3 is 10.2 Å². The van der Waals surface area contributed by atoms with Crippen molar-refractivity contribution < 1.29 is 19.8 Å². The number of ketones is 2. The van der Waals surface area contributed by atoms with E-state index in [1.54, 1.807) is 23.5 Å². The van der Waals surface area contributed by atoms with Gasteiger partial charge >= 0.3 is 0 Å². The van der Waals surface area contributed by atoms with Crippen molar-refractivity contribution in [3.05, 3.63) is 48.1 Å². The molecule has 0 amide bonds. The molecule has 0 bridgehead atoms. The number of aromatic nitrogens is 1. The van der Waals surface area contributed by atoms with Crippen molar-refractivity contribution in [2.24, 2.45) is 34.5 Å². The van der Waals surface area contributed by atoms with Gasteiger partial charge in [-0.15, -0.1) is 11.3 Å². The van der Waals surface area contributed by atoms with Gasteiger partial charge in [-0.2, -0.15) is 0 Å². The number of fused-ring (bicyclic) bond motifs is 6. The summed E-state index contributed by atoms with van der Waals surface area (Å²) in [5.41, 5.74) is -0.485. The number of thiazole rings is 1. The third-order valence-electron chi connectivity index (χ3n) is 10.1. The van der Waals surface area contributed by atoms with Gasteiger partial charge in [-0.1, -0.05) is 56.3 Å². The first-order valence-electron chi connectivity index (χ1n) is 12.9. The van der Waals surface area contributed by atoms with E-state index in [2.05, 4.69) is 11.9 Å². The zero-order valence-corrected chi connectivity index (χ0v) is 22.6. The minimum Gasteiger partial charge on any atom is -0.393 e. The molecule has 0 spiro atoms. The predicted octanol–water partition coefficient (Wildman–Crippen LogP) is 5.21. The van der Waals surface area contributed by atoms with Crippen LogP contribution in [-0.4, -0.2) is 44.2 Å². The van der Waals surface area contributed by atoms with Gasteiger partial charge in [0.2, 0.25) is 0 Å². The highest BCUT2D eigenvalue weighted by molar-refractivity contribution is 8.01. The molecule has 1 heterocycles. The summed E-state index contributed by atoms with van der Waals surface area (Å²) in [4.78, 5) is 30.5. The highest BCUT2D eigenvalue weighted by atomic mass is 32.2. The first-order chi connectivity index (χ1) is 17.1. The first-order valence-corrected chi connectivity index (χ1v) is 14.7. The lowest BCUT2D eigenvalue weighted by Crippen LogP contribution is -2.62. The fourth-order valence-corrected chi connectivity index (χ4v) is 10.4. The van der Waals surface area contributed by atoms with Crippen LogP contribution >= 0.6 is 23.1 Å². The van der Waals surface area contributed by atoms with Crippen LogP contribution in [0.3, 0.4) is 0 Å². The van der Waals surface area contributed by atoms with Crippen LogP contribution < -0.4 is 0 Å². The summed E-state index contributed by atoms with van der Waals surface area (Å²) in [6, 6.07) is 7.94. The number of rotatable bonds is 4. The maximum Gasteiger partial charge on any atom is 0.178 e. The van der Waals surface area contributed by atoms with E-state index in [1.807, 2.05) is 44.2 Å². The number of thioether (sulfide) groups is 1. The average molecular weight is 524 g/mol. The molecule has 5 nitrogen and oxygen atoms in total. The van der Waals surface area contributed by atoms with E-state index in [9.17, 15) is 19.8 Å². The second-order valence-electron chi connectivity index (χ2n) is 11.8. The highest BCUT2D eigenvalue weighted by Gasteiger charge is 2.70. The van der Waals surface area contributed by atoms with Gasteiger partial charge in [0.05, 0.1) is 22.1 Å². The molecular weight excluding hydrogens is 490 g/mol. The lowest BCUT2D eigenvalue weighted by molar-refractivity contribution is -0.179. The van der Waals surface area contributed by atoms with Gasteiger partial charge in [0.15, 0.2) is 15.9 Å². The van der Waals surface area contributed by atoms with E-state index < -0.39 is 17.1 Å². The molecule has 0 saturated heterocycles. The van der Waals surface area contributed by atoms with E-state index in [1.165, 1.54) is 11.8 Å². The SMILES string of the molecule is C[C@@H]1CC2C3CCC4=CC(=O)C=CC4(C)C3C(O)CC2(C)[C@@]1(O)C(=O)CSc1nc2ccccc2s1. The number of para-hydroxylation sites is 1. The molecule has 0 radical (unpaired) electrons. The van der Waals surface area contributed by atoms with E-state index in [0.29, 0.717) is 6.42 Å². The second-order valence-corrected chi connectivity index (χ2v) is 14.0. The second kappa shape index (κ2) is 8.35. The fraction of sp³-hybridized carbons (Fsp3) is 0.552. The maximum atomic E-state index is 13.8. The predicted molar refractivity (Wildman–Crippen MR) is 143 cm³/mol. The van der Waals surface area contributed by atoms with Crippen molar-refractivity contribution in [3.8, 4) is 0 Å². The zero-order valence-electron chi connectivity index (χ0n) is 20.9. The van der Waals surface area contributed by atoms with Crippen LogP contribution in [0.15, 0.2) is 52.4 Å². The summed E-state index contributed by atoms with van der Waals surface area (Å²) in [6.45, 7) is 6.18. The Balaban J connectivity index is 1.28. The Bertz CT molecular complexity index is 1280. The van der Waals surface area contributed by atoms with Crippen LogP contribution in [0.5, 0.6) is 0 Å². The number of benzene rings is 1. The average Bonchev–Trinajstić information content (AvgIpc) is 3.35. The zero-order chi connectivity index (χ0) is 25.5. The Labute approximate surface area is 220 Å². The monoisotopic (exact) mass is 523 g/mol. The maximum absolute atomic E-state index is 13.8. The number of aliphatic hydroxyl groups is 2. The molecule has 2 aromatic rings.